The largest absolute Gasteiger partial charge is 0.496 e. The zero-order valence-electron chi connectivity index (χ0n) is 11.3. The molecular weight excluding hydrogens is 340 g/mol. The van der Waals surface area contributed by atoms with Crippen LogP contribution in [0.4, 0.5) is 0 Å². The molecule has 0 unspecified atom stereocenters. The van der Waals surface area contributed by atoms with E-state index in [-0.39, 0.29) is 5.91 Å². The fourth-order valence-corrected chi connectivity index (χ4v) is 3.03. The van der Waals surface area contributed by atoms with Gasteiger partial charge in [-0.15, -0.1) is 11.3 Å². The number of carbonyl (C=O) groups excluding carboxylic acids is 1. The highest BCUT2D eigenvalue weighted by Crippen LogP contribution is 2.25. The molecule has 20 heavy (non-hydrogen) atoms. The maximum Gasteiger partial charge on any atom is 0.251 e. The Labute approximate surface area is 130 Å². The smallest absolute Gasteiger partial charge is 0.251 e. The molecule has 0 aliphatic carbocycles. The summed E-state index contributed by atoms with van der Waals surface area (Å²) in [7, 11) is 1.59. The molecule has 0 aliphatic heterocycles. The molecule has 1 N–H and O–H groups in total. The third-order valence-electron chi connectivity index (χ3n) is 2.70. The number of halogens is 1. The Balaban J connectivity index is 1.90. The third kappa shape index (κ3) is 3.80. The number of aryl methyl sites for hydroxylation is 1. The average Bonchev–Trinajstić information content (AvgIpc) is 2.84. The first kappa shape index (κ1) is 15.0. The second kappa shape index (κ2) is 6.85. The van der Waals surface area contributed by atoms with Crippen molar-refractivity contribution in [3.8, 4) is 5.75 Å². The molecule has 1 amide bonds. The maximum atomic E-state index is 12.0. The van der Waals surface area contributed by atoms with Gasteiger partial charge in [0.05, 0.1) is 16.6 Å². The van der Waals surface area contributed by atoms with Crippen molar-refractivity contribution < 1.29 is 9.53 Å². The number of amides is 1. The maximum absolute atomic E-state index is 12.0. The average molecular weight is 355 g/mol. The van der Waals surface area contributed by atoms with Gasteiger partial charge in [0.15, 0.2) is 0 Å². The Bertz CT molecular complexity index is 613. The van der Waals surface area contributed by atoms with Crippen LogP contribution >= 0.6 is 27.3 Å². The van der Waals surface area contributed by atoms with Crippen molar-refractivity contribution in [2.45, 2.75) is 13.3 Å². The number of hydrogen-bond acceptors (Lipinski definition) is 4. The molecule has 0 aliphatic rings. The Morgan fingerprint density at radius 3 is 2.90 bits per heavy atom. The van der Waals surface area contributed by atoms with Crippen molar-refractivity contribution in [3.05, 3.63) is 44.3 Å². The van der Waals surface area contributed by atoms with Gasteiger partial charge in [0.1, 0.15) is 5.75 Å². The first-order chi connectivity index (χ1) is 9.60. The van der Waals surface area contributed by atoms with E-state index in [9.17, 15) is 4.79 Å². The predicted octanol–water partition coefficient (Wildman–Crippen LogP) is 3.20. The molecule has 0 spiro atoms. The number of thiazole rings is 1. The van der Waals surface area contributed by atoms with Crippen LogP contribution in [0.2, 0.25) is 0 Å². The molecule has 0 saturated carbocycles. The van der Waals surface area contributed by atoms with Gasteiger partial charge in [-0.3, -0.25) is 4.79 Å². The first-order valence-corrected chi connectivity index (χ1v) is 7.80. The van der Waals surface area contributed by atoms with Crippen LogP contribution < -0.4 is 10.1 Å². The van der Waals surface area contributed by atoms with E-state index in [1.807, 2.05) is 12.3 Å². The second-order valence-electron chi connectivity index (χ2n) is 4.24. The van der Waals surface area contributed by atoms with Crippen molar-refractivity contribution in [1.29, 1.82) is 0 Å². The zero-order chi connectivity index (χ0) is 14.5. The van der Waals surface area contributed by atoms with Gasteiger partial charge in [0, 0.05) is 29.6 Å². The van der Waals surface area contributed by atoms with Crippen LogP contribution in [0, 0.1) is 6.92 Å². The van der Waals surface area contributed by atoms with Crippen LogP contribution in [0.3, 0.4) is 0 Å². The summed E-state index contributed by atoms with van der Waals surface area (Å²) >= 11 is 4.99. The topological polar surface area (TPSA) is 51.2 Å². The lowest BCUT2D eigenvalue weighted by molar-refractivity contribution is 0.0954. The number of methoxy groups -OCH3 is 1. The predicted molar refractivity (Wildman–Crippen MR) is 83.6 cm³/mol. The summed E-state index contributed by atoms with van der Waals surface area (Å²) < 4.78 is 5.90. The zero-order valence-corrected chi connectivity index (χ0v) is 13.7. The number of benzene rings is 1. The standard InChI is InChI=1S/C14H15BrN2O2S/c1-9-8-20-13(17-9)5-6-16-14(18)10-3-4-12(19-2)11(15)7-10/h3-4,7-8H,5-6H2,1-2H3,(H,16,18). The van der Waals surface area contributed by atoms with Crippen LogP contribution in [0.1, 0.15) is 21.1 Å². The van der Waals surface area contributed by atoms with Crippen LogP contribution in [0.15, 0.2) is 28.1 Å². The highest BCUT2D eigenvalue weighted by atomic mass is 79.9. The lowest BCUT2D eigenvalue weighted by Crippen LogP contribution is -2.25. The number of aromatic nitrogens is 1. The molecule has 1 heterocycles. The third-order valence-corrected chi connectivity index (χ3v) is 4.35. The normalized spacial score (nSPS) is 10.3. The minimum absolute atomic E-state index is 0.0957. The van der Waals surface area contributed by atoms with Gasteiger partial charge >= 0.3 is 0 Å². The van der Waals surface area contributed by atoms with E-state index in [1.165, 1.54) is 0 Å². The van der Waals surface area contributed by atoms with E-state index in [0.29, 0.717) is 17.9 Å². The summed E-state index contributed by atoms with van der Waals surface area (Å²) in [5.74, 6) is 0.612. The summed E-state index contributed by atoms with van der Waals surface area (Å²) in [6, 6.07) is 5.26. The van der Waals surface area contributed by atoms with Crippen LogP contribution in [-0.2, 0) is 6.42 Å². The van der Waals surface area contributed by atoms with Gasteiger partial charge in [-0.2, -0.15) is 0 Å². The van der Waals surface area contributed by atoms with Gasteiger partial charge in [0.2, 0.25) is 0 Å². The van der Waals surface area contributed by atoms with E-state index in [0.717, 1.165) is 21.6 Å². The number of nitrogens with one attached hydrogen (secondary N) is 1. The molecule has 0 fully saturated rings. The van der Waals surface area contributed by atoms with E-state index in [1.54, 1.807) is 36.6 Å². The molecule has 1 aromatic carbocycles. The number of hydrogen-bond donors (Lipinski definition) is 1. The highest BCUT2D eigenvalue weighted by molar-refractivity contribution is 9.10. The van der Waals surface area contributed by atoms with E-state index < -0.39 is 0 Å². The number of carbonyl (C=O) groups is 1. The molecule has 106 valence electrons. The first-order valence-electron chi connectivity index (χ1n) is 6.13. The summed E-state index contributed by atoms with van der Waals surface area (Å²) in [5.41, 5.74) is 1.63. The number of rotatable bonds is 5. The van der Waals surface area contributed by atoms with Crippen molar-refractivity contribution in [2.24, 2.45) is 0 Å². The quantitative estimate of drug-likeness (QED) is 0.896. The highest BCUT2D eigenvalue weighted by Gasteiger charge is 2.08. The molecule has 2 aromatic rings. The summed E-state index contributed by atoms with van der Waals surface area (Å²) in [6.07, 6.45) is 0.752. The second-order valence-corrected chi connectivity index (χ2v) is 6.03. The van der Waals surface area contributed by atoms with E-state index in [2.05, 4.69) is 26.2 Å². The minimum Gasteiger partial charge on any atom is -0.496 e. The van der Waals surface area contributed by atoms with Crippen LogP contribution in [0.5, 0.6) is 5.75 Å². The molecule has 1 aromatic heterocycles. The monoisotopic (exact) mass is 354 g/mol. The molecule has 0 bridgehead atoms. The lowest BCUT2D eigenvalue weighted by Gasteiger charge is -2.07. The fraction of sp³-hybridized carbons (Fsp3) is 0.286. The minimum atomic E-state index is -0.0957. The SMILES string of the molecule is COc1ccc(C(=O)NCCc2nc(C)cs2)cc1Br. The Kier molecular flexibility index (Phi) is 5.14. The molecule has 0 radical (unpaired) electrons. The van der Waals surface area contributed by atoms with E-state index >= 15 is 0 Å². The van der Waals surface area contributed by atoms with Crippen molar-refractivity contribution >= 4 is 33.2 Å². The number of nitrogens with zero attached hydrogens (tertiary/aromatic N) is 1. The van der Waals surface area contributed by atoms with Crippen LogP contribution in [0.25, 0.3) is 0 Å². The van der Waals surface area contributed by atoms with Gasteiger partial charge < -0.3 is 10.1 Å². The Morgan fingerprint density at radius 2 is 2.30 bits per heavy atom. The van der Waals surface area contributed by atoms with Gasteiger partial charge in [-0.05, 0) is 41.1 Å². The number of ether oxygens (including phenoxy) is 1. The Morgan fingerprint density at radius 1 is 1.50 bits per heavy atom. The fourth-order valence-electron chi connectivity index (χ4n) is 1.71. The molecule has 0 atom stereocenters. The molecule has 6 heteroatoms. The van der Waals surface area contributed by atoms with E-state index in [4.69, 9.17) is 4.74 Å². The molecule has 0 saturated heterocycles. The van der Waals surface area contributed by atoms with Gasteiger partial charge in [0.25, 0.3) is 5.91 Å². The summed E-state index contributed by atoms with van der Waals surface area (Å²) in [5, 5.41) is 5.94. The summed E-state index contributed by atoms with van der Waals surface area (Å²) in [6.45, 7) is 2.54. The van der Waals surface area contributed by atoms with Crippen molar-refractivity contribution in [1.82, 2.24) is 10.3 Å². The van der Waals surface area contributed by atoms with Gasteiger partial charge in [-0.1, -0.05) is 0 Å². The lowest BCUT2D eigenvalue weighted by atomic mass is 10.2. The molecule has 2 rings (SSSR count). The van der Waals surface area contributed by atoms with Crippen LogP contribution in [-0.4, -0.2) is 24.5 Å². The van der Waals surface area contributed by atoms with Gasteiger partial charge in [-0.25, -0.2) is 4.98 Å². The Hall–Kier alpha value is -1.40. The summed E-state index contributed by atoms with van der Waals surface area (Å²) in [4.78, 5) is 16.4. The van der Waals surface area contributed by atoms with Crippen molar-refractivity contribution in [3.63, 3.8) is 0 Å². The molecule has 4 nitrogen and oxygen atoms in total. The molecular formula is C14H15BrN2O2S. The van der Waals surface area contributed by atoms with Crippen molar-refractivity contribution in [2.75, 3.05) is 13.7 Å².